The first kappa shape index (κ1) is 27.1. The Morgan fingerprint density at radius 1 is 1.03 bits per heavy atom. The summed E-state index contributed by atoms with van der Waals surface area (Å²) in [5.41, 5.74) is 0.637. The van der Waals surface area contributed by atoms with Crippen molar-refractivity contribution in [2.45, 2.75) is 15.9 Å². The van der Waals surface area contributed by atoms with E-state index < -0.39 is 21.8 Å². The number of carbonyl (C=O) groups excluding carboxylic acids is 2. The van der Waals surface area contributed by atoms with Crippen molar-refractivity contribution < 1.29 is 27.5 Å². The van der Waals surface area contributed by atoms with E-state index in [9.17, 15) is 18.0 Å². The Morgan fingerprint density at radius 2 is 1.71 bits per heavy atom. The van der Waals surface area contributed by atoms with Crippen LogP contribution in [0.3, 0.4) is 0 Å². The number of ether oxygens (including phenoxy) is 2. The third-order valence-electron chi connectivity index (χ3n) is 4.68. The van der Waals surface area contributed by atoms with Crippen molar-refractivity contribution >= 4 is 55.8 Å². The van der Waals surface area contributed by atoms with Gasteiger partial charge in [0, 0.05) is 12.4 Å². The molecule has 0 aliphatic carbocycles. The Balaban J connectivity index is 1.47. The number of sulfonamides is 1. The fourth-order valence-corrected chi connectivity index (χ4v) is 5.39. The van der Waals surface area contributed by atoms with Gasteiger partial charge in [-0.1, -0.05) is 35.6 Å². The molecule has 4 N–H and O–H groups in total. The van der Waals surface area contributed by atoms with Gasteiger partial charge in [0.15, 0.2) is 27.5 Å². The van der Waals surface area contributed by atoms with E-state index in [4.69, 9.17) is 9.47 Å². The van der Waals surface area contributed by atoms with E-state index in [1.165, 1.54) is 18.9 Å². The number of H-pyrrole nitrogens is 1. The molecule has 0 fully saturated rings. The lowest BCUT2D eigenvalue weighted by Gasteiger charge is -2.13. The quantitative estimate of drug-likeness (QED) is 0.208. The van der Waals surface area contributed by atoms with E-state index in [0.29, 0.717) is 32.3 Å². The maximum absolute atomic E-state index is 12.7. The molecule has 0 aliphatic heterocycles. The number of aromatic nitrogens is 3. The Morgan fingerprint density at radius 3 is 2.39 bits per heavy atom. The summed E-state index contributed by atoms with van der Waals surface area (Å²) in [6.07, 6.45) is 4.24. The third kappa shape index (κ3) is 7.32. The van der Waals surface area contributed by atoms with Crippen LogP contribution in [-0.2, 0) is 26.2 Å². The fourth-order valence-electron chi connectivity index (χ4n) is 2.99. The number of rotatable bonds is 10. The van der Waals surface area contributed by atoms with E-state index in [1.807, 2.05) is 0 Å². The second-order valence-corrected chi connectivity index (χ2v) is 11.6. The van der Waals surface area contributed by atoms with Crippen LogP contribution in [0, 0.1) is 0 Å². The Labute approximate surface area is 226 Å². The summed E-state index contributed by atoms with van der Waals surface area (Å²) in [5.74, 6) is -0.686. The van der Waals surface area contributed by atoms with Crippen molar-refractivity contribution in [1.29, 1.82) is 0 Å². The lowest BCUT2D eigenvalue weighted by atomic mass is 10.2. The van der Waals surface area contributed by atoms with Crippen LogP contribution >= 0.6 is 23.1 Å². The highest BCUT2D eigenvalue weighted by Gasteiger charge is 2.21. The maximum Gasteiger partial charge on any atom is 0.315 e. The highest BCUT2D eigenvalue weighted by atomic mass is 32.2. The van der Waals surface area contributed by atoms with Crippen molar-refractivity contribution in [2.24, 2.45) is 0 Å². The molecule has 2 amide bonds. The monoisotopic (exact) mass is 574 g/mol. The number of nitrogens with one attached hydrogen (secondary N) is 4. The molecule has 0 radical (unpaired) electrons. The number of hydrogen-bond donors (Lipinski definition) is 4. The molecular formula is C23H22N6O6S3. The highest BCUT2D eigenvalue weighted by Crippen LogP contribution is 2.37. The Hall–Kier alpha value is -3.92. The third-order valence-corrected chi connectivity index (χ3v) is 7.49. The number of aromatic amines is 1. The largest absolute Gasteiger partial charge is 0.493 e. The van der Waals surface area contributed by atoms with E-state index >= 15 is 0 Å². The number of imidazole rings is 1. The second-order valence-electron chi connectivity index (χ2n) is 7.50. The number of anilines is 2. The summed E-state index contributed by atoms with van der Waals surface area (Å²) >= 11 is 2.29. The topological polar surface area (TPSA) is 164 Å². The molecule has 15 heteroatoms. The highest BCUT2D eigenvalue weighted by molar-refractivity contribution is 8.01. The smallest absolute Gasteiger partial charge is 0.315 e. The zero-order valence-electron chi connectivity index (χ0n) is 20.0. The van der Waals surface area contributed by atoms with Crippen LogP contribution < -0.4 is 24.8 Å². The van der Waals surface area contributed by atoms with Gasteiger partial charge in [-0.2, -0.15) is 0 Å². The molecule has 2 heterocycles. The molecule has 0 saturated carbocycles. The van der Waals surface area contributed by atoms with Crippen LogP contribution in [0.15, 0.2) is 70.3 Å². The summed E-state index contributed by atoms with van der Waals surface area (Å²) in [4.78, 5) is 36.8. The van der Waals surface area contributed by atoms with Crippen LogP contribution in [0.5, 0.6) is 17.2 Å². The molecule has 0 unspecified atom stereocenters. The van der Waals surface area contributed by atoms with Gasteiger partial charge in [0.2, 0.25) is 10.0 Å². The number of nitrogens with zero attached hydrogens (tertiary/aromatic N) is 2. The lowest BCUT2D eigenvalue weighted by Crippen LogP contribution is -2.29. The molecule has 4 rings (SSSR count). The van der Waals surface area contributed by atoms with Gasteiger partial charge in [0.25, 0.3) is 0 Å². The first-order valence-corrected chi connectivity index (χ1v) is 14.4. The predicted octanol–water partition coefficient (Wildman–Crippen LogP) is 3.44. The molecular weight excluding hydrogens is 552 g/mol. The average Bonchev–Trinajstić information content (AvgIpc) is 3.53. The number of carbonyl (C=O) groups is 2. The fraction of sp³-hybridized carbons (Fsp3) is 0.130. The minimum atomic E-state index is -3.48. The summed E-state index contributed by atoms with van der Waals surface area (Å²) in [6, 6.07) is 13.6. The number of methoxy groups -OCH3 is 1. The summed E-state index contributed by atoms with van der Waals surface area (Å²) in [7, 11) is -1.97. The first-order valence-electron chi connectivity index (χ1n) is 10.9. The molecule has 0 saturated heterocycles. The first-order chi connectivity index (χ1) is 18.2. The van der Waals surface area contributed by atoms with Crippen molar-refractivity contribution in [3.8, 4) is 17.2 Å². The van der Waals surface area contributed by atoms with E-state index in [2.05, 4.69) is 30.3 Å². The Kier molecular flexibility index (Phi) is 8.62. The number of thiazole rings is 1. The van der Waals surface area contributed by atoms with Crippen molar-refractivity contribution in [3.05, 3.63) is 66.6 Å². The molecule has 2 aromatic carbocycles. The molecule has 0 aliphatic rings. The van der Waals surface area contributed by atoms with Gasteiger partial charge in [-0.15, -0.1) is 0 Å². The molecule has 198 valence electrons. The number of hydrogen-bond acceptors (Lipinski definition) is 10. The maximum atomic E-state index is 12.7. The van der Waals surface area contributed by atoms with E-state index in [0.717, 1.165) is 17.6 Å². The Bertz CT molecular complexity index is 1540. The summed E-state index contributed by atoms with van der Waals surface area (Å²) in [5, 5.41) is 5.67. The number of para-hydroxylation sites is 4. The van der Waals surface area contributed by atoms with Gasteiger partial charge in [0.05, 0.1) is 35.5 Å². The van der Waals surface area contributed by atoms with Crippen LogP contribution in [0.4, 0.5) is 10.8 Å². The predicted molar refractivity (Wildman–Crippen MR) is 143 cm³/mol. The minimum absolute atomic E-state index is 0.103. The zero-order valence-corrected chi connectivity index (χ0v) is 22.5. The van der Waals surface area contributed by atoms with Crippen LogP contribution in [-0.4, -0.2) is 48.5 Å². The van der Waals surface area contributed by atoms with Crippen molar-refractivity contribution in [3.63, 3.8) is 0 Å². The van der Waals surface area contributed by atoms with Gasteiger partial charge in [-0.25, -0.2) is 23.1 Å². The molecule has 4 aromatic rings. The molecule has 0 spiro atoms. The molecule has 38 heavy (non-hydrogen) atoms. The van der Waals surface area contributed by atoms with Gasteiger partial charge < -0.3 is 19.8 Å². The van der Waals surface area contributed by atoms with Crippen molar-refractivity contribution in [2.75, 3.05) is 24.0 Å². The van der Waals surface area contributed by atoms with Crippen LogP contribution in [0.1, 0.15) is 5.69 Å². The van der Waals surface area contributed by atoms with Gasteiger partial charge in [-0.05, 0) is 36.0 Å². The molecule has 12 nitrogen and oxygen atoms in total. The van der Waals surface area contributed by atoms with Crippen molar-refractivity contribution in [1.82, 2.24) is 19.7 Å². The molecule has 0 bridgehead atoms. The number of benzene rings is 2. The van der Waals surface area contributed by atoms with Gasteiger partial charge >= 0.3 is 11.8 Å². The number of amides is 2. The van der Waals surface area contributed by atoms with Crippen LogP contribution in [0.25, 0.3) is 0 Å². The van der Waals surface area contributed by atoms with E-state index in [1.54, 1.807) is 60.9 Å². The average molecular weight is 575 g/mol. The molecule has 0 atom stereocenters. The second kappa shape index (κ2) is 12.1. The summed E-state index contributed by atoms with van der Waals surface area (Å²) in [6.45, 7) is -0.103. The SMILES string of the molecule is COc1ccccc1Oc1ccccc1NC(=O)C(=O)Nc1nc(CNS(C)(=O)=O)c(Sc2ncc[nH]2)s1. The van der Waals surface area contributed by atoms with Crippen LogP contribution in [0.2, 0.25) is 0 Å². The van der Waals surface area contributed by atoms with Gasteiger partial charge in [0.1, 0.15) is 0 Å². The lowest BCUT2D eigenvalue weighted by molar-refractivity contribution is -0.133. The normalized spacial score (nSPS) is 11.1. The molecule has 2 aromatic heterocycles. The van der Waals surface area contributed by atoms with Gasteiger partial charge in [-0.3, -0.25) is 14.9 Å². The van der Waals surface area contributed by atoms with E-state index in [-0.39, 0.29) is 17.4 Å². The standard InChI is InChI=1S/C23H22N6O6S3/c1-34-17-9-5-6-10-18(17)35-16-8-4-3-7-14(16)27-19(30)20(31)29-23-28-15(13-26-38(2,32)33)21(37-23)36-22-24-11-12-25-22/h3-12,26H,13H2,1-2H3,(H,24,25)(H,27,30)(H,28,29,31). The zero-order chi connectivity index (χ0) is 27.1. The minimum Gasteiger partial charge on any atom is -0.493 e. The summed E-state index contributed by atoms with van der Waals surface area (Å²) < 4.78 is 37.3.